The Morgan fingerprint density at radius 2 is 1.70 bits per heavy atom. The van der Waals surface area contributed by atoms with Gasteiger partial charge < -0.3 is 0 Å². The van der Waals surface area contributed by atoms with Crippen molar-refractivity contribution in [2.24, 2.45) is 5.92 Å². The third-order valence-corrected chi connectivity index (χ3v) is 3.34. The molecule has 0 bridgehead atoms. The van der Waals surface area contributed by atoms with Gasteiger partial charge in [-0.1, -0.05) is 43.6 Å². The Bertz CT molecular complexity index is 376. The molecule has 4 heteroatoms. The van der Waals surface area contributed by atoms with E-state index in [0.29, 0.717) is 11.7 Å². The van der Waals surface area contributed by atoms with E-state index < -0.39 is 0 Å². The molecule has 2 aliphatic rings. The molecule has 0 spiro atoms. The summed E-state index contributed by atoms with van der Waals surface area (Å²) in [5.41, 5.74) is 0. The molecule has 1 fully saturated rings. The van der Waals surface area contributed by atoms with Crippen LogP contribution in [0.2, 0.25) is 0 Å². The number of allylic oxidation sites excluding steroid dienone is 6. The fraction of sp³-hybridized carbons (Fsp3) is 0.421. The predicted molar refractivity (Wildman–Crippen MR) is 85.8 cm³/mol. The van der Waals surface area contributed by atoms with Crippen LogP contribution in [0.25, 0.3) is 0 Å². The average molecular weight is 356 g/mol. The van der Waals surface area contributed by atoms with Crippen LogP contribution in [0.15, 0.2) is 36.5 Å². The quantitative estimate of drug-likeness (QED) is 0.317. The van der Waals surface area contributed by atoms with E-state index >= 15 is 0 Å². The average Bonchev–Trinajstić information content (AvgIpc) is 3.10. The summed E-state index contributed by atoms with van der Waals surface area (Å²) in [6.45, 7) is 12.6. The van der Waals surface area contributed by atoms with Crippen molar-refractivity contribution in [3.63, 3.8) is 0 Å². The Kier molecular flexibility index (Phi) is 26.7. The van der Waals surface area contributed by atoms with Gasteiger partial charge in [0.2, 0.25) is 0 Å². The maximum Gasteiger partial charge on any atom is 0.135 e. The van der Waals surface area contributed by atoms with E-state index in [1.165, 1.54) is 12.8 Å². The smallest absolute Gasteiger partial charge is 0.135 e. The van der Waals surface area contributed by atoms with Gasteiger partial charge in [-0.2, -0.15) is 0 Å². The second-order valence-electron chi connectivity index (χ2n) is 4.77. The van der Waals surface area contributed by atoms with Crippen LogP contribution in [0.4, 0.5) is 0 Å². The molecule has 0 heterocycles. The van der Waals surface area contributed by atoms with Crippen LogP contribution in [0.3, 0.4) is 0 Å². The van der Waals surface area contributed by atoms with Gasteiger partial charge in [-0.05, 0) is 12.8 Å². The van der Waals surface area contributed by atoms with Crippen LogP contribution in [0.1, 0.15) is 44.9 Å². The molecule has 0 amide bonds. The Labute approximate surface area is 151 Å². The maximum atomic E-state index is 11.6. The monoisotopic (exact) mass is 356 g/mol. The molecular weight excluding hydrogens is 332 g/mol. The first-order valence-electron chi connectivity index (χ1n) is 7.39. The Morgan fingerprint density at radius 1 is 1.09 bits per heavy atom. The third-order valence-electron chi connectivity index (χ3n) is 3.34. The van der Waals surface area contributed by atoms with Crippen LogP contribution in [0.5, 0.6) is 0 Å². The number of hydrogen-bond donors (Lipinski definition) is 0. The van der Waals surface area contributed by atoms with Gasteiger partial charge in [-0.3, -0.25) is 4.79 Å². The molecule has 1 saturated carbocycles. The largest absolute Gasteiger partial charge is 0.299 e. The minimum atomic E-state index is 0. The van der Waals surface area contributed by atoms with Gasteiger partial charge in [0.25, 0.3) is 0 Å². The summed E-state index contributed by atoms with van der Waals surface area (Å²) in [7, 11) is 0. The fourth-order valence-corrected chi connectivity index (χ4v) is 2.27. The van der Waals surface area contributed by atoms with Gasteiger partial charge >= 0.3 is 22.6 Å². The van der Waals surface area contributed by atoms with Crippen LogP contribution in [-0.4, -0.2) is 5.78 Å². The first-order chi connectivity index (χ1) is 10.8. The normalized spacial score (nSPS) is 18.1. The zero-order valence-electron chi connectivity index (χ0n) is 13.4. The second kappa shape index (κ2) is 23.0. The molecule has 2 rings (SSSR count). The Balaban J connectivity index is -0.000000335. The summed E-state index contributed by atoms with van der Waals surface area (Å²) < 4.78 is 15.0. The second-order valence-corrected chi connectivity index (χ2v) is 4.77. The van der Waals surface area contributed by atoms with Crippen molar-refractivity contribution in [1.82, 2.24) is 0 Å². The minimum Gasteiger partial charge on any atom is -0.299 e. The molecule has 0 aromatic rings. The van der Waals surface area contributed by atoms with Crippen molar-refractivity contribution >= 4 is 5.78 Å². The number of rotatable bonds is 3. The van der Waals surface area contributed by atoms with E-state index in [1.54, 1.807) is 0 Å². The molecule has 0 aromatic heterocycles. The van der Waals surface area contributed by atoms with E-state index in [9.17, 15) is 4.79 Å². The van der Waals surface area contributed by atoms with Gasteiger partial charge in [-0.15, -0.1) is 6.42 Å². The molecular formula is C19H24FeO3-. The summed E-state index contributed by atoms with van der Waals surface area (Å²) in [5.74, 6) is 0.841. The van der Waals surface area contributed by atoms with E-state index in [2.05, 4.69) is 26.3 Å². The number of carbonyl (C=O) groups is 1. The summed E-state index contributed by atoms with van der Waals surface area (Å²) in [5, 5.41) is 0. The predicted octanol–water partition coefficient (Wildman–Crippen LogP) is 4.55. The van der Waals surface area contributed by atoms with Crippen LogP contribution < -0.4 is 0 Å². The van der Waals surface area contributed by atoms with Crippen LogP contribution in [-0.2, 0) is 31.2 Å². The van der Waals surface area contributed by atoms with Gasteiger partial charge in [0.1, 0.15) is 5.78 Å². The number of carbonyl (C=O) groups excluding carboxylic acids is 1. The van der Waals surface area contributed by atoms with E-state index in [-0.39, 0.29) is 17.1 Å². The van der Waals surface area contributed by atoms with Gasteiger partial charge in [0.05, 0.1) is 0 Å². The molecule has 1 atom stereocenters. The fourth-order valence-electron chi connectivity index (χ4n) is 2.27. The van der Waals surface area contributed by atoms with Crippen molar-refractivity contribution in [2.75, 3.05) is 0 Å². The van der Waals surface area contributed by atoms with Crippen molar-refractivity contribution in [1.29, 1.82) is 0 Å². The molecule has 0 saturated heterocycles. The molecule has 3 nitrogen and oxygen atoms in total. The van der Waals surface area contributed by atoms with E-state index in [4.69, 9.17) is 9.30 Å². The zero-order chi connectivity index (χ0) is 17.1. The van der Waals surface area contributed by atoms with Crippen LogP contribution >= 0.6 is 0 Å². The van der Waals surface area contributed by atoms with Crippen LogP contribution in [0, 0.1) is 32.6 Å². The van der Waals surface area contributed by atoms with Gasteiger partial charge in [0, 0.05) is 35.8 Å². The minimum absolute atomic E-state index is 0. The van der Waals surface area contributed by atoms with Crippen molar-refractivity contribution in [3.8, 4) is 0 Å². The SMILES string of the molecule is [C-]#[O+].[C-]#[O+].[CH2-]/C=C/CCC1CCCCCC1=O.[CH]1C=CC=C1.[Fe]. The first kappa shape index (κ1) is 26.6. The maximum absolute atomic E-state index is 11.6. The summed E-state index contributed by atoms with van der Waals surface area (Å²) in [6, 6.07) is 0. The molecule has 0 aliphatic heterocycles. The molecule has 23 heavy (non-hydrogen) atoms. The standard InChI is InChI=1S/C12H19O.C5H5.2CO.Fe/c1-2-3-5-8-11-9-6-4-7-10-12(11)13;1-2-4-5-3-1;2*1-2;/h2-3,11H,1,4-10H2;1-5H;;;/q-1;;;;/b3-2+;;;;. The third kappa shape index (κ3) is 17.0. The first-order valence-corrected chi connectivity index (χ1v) is 7.39. The van der Waals surface area contributed by atoms with E-state index in [1.807, 2.05) is 36.8 Å². The molecule has 127 valence electrons. The number of hydrogen-bond acceptors (Lipinski definition) is 1. The van der Waals surface area contributed by atoms with Gasteiger partial charge in [-0.25, -0.2) is 19.1 Å². The van der Waals surface area contributed by atoms with Crippen molar-refractivity contribution in [3.05, 3.63) is 63.1 Å². The Morgan fingerprint density at radius 3 is 2.17 bits per heavy atom. The molecule has 0 aromatic carbocycles. The molecule has 1 radical (unpaired) electrons. The zero-order valence-corrected chi connectivity index (χ0v) is 14.5. The number of ketones is 1. The van der Waals surface area contributed by atoms with Crippen molar-refractivity contribution < 1.29 is 31.2 Å². The molecule has 0 N–H and O–H groups in total. The molecule has 2 aliphatic carbocycles. The van der Waals surface area contributed by atoms with E-state index in [0.717, 1.165) is 32.1 Å². The summed E-state index contributed by atoms with van der Waals surface area (Å²) in [6.07, 6.45) is 21.4. The Hall–Kier alpha value is -1.24. The summed E-state index contributed by atoms with van der Waals surface area (Å²) >= 11 is 0. The number of Topliss-reactive ketones (excluding diaryl/α,β-unsaturated/α-hetero) is 1. The topological polar surface area (TPSA) is 56.9 Å². The van der Waals surface area contributed by atoms with Gasteiger partial charge in [0.15, 0.2) is 0 Å². The molecule has 1 unspecified atom stereocenters. The summed E-state index contributed by atoms with van der Waals surface area (Å²) in [4.78, 5) is 11.6. The van der Waals surface area contributed by atoms with Crippen molar-refractivity contribution in [2.45, 2.75) is 44.9 Å².